The molecule has 1 aliphatic carbocycles. The van der Waals surface area contributed by atoms with E-state index in [4.69, 9.17) is 9.84 Å². The third kappa shape index (κ3) is 6.60. The Labute approximate surface area is 203 Å². The number of carbonyl (C=O) groups excluding carboxylic acids is 1. The Morgan fingerprint density at radius 2 is 1.85 bits per heavy atom. The molecule has 1 aliphatic rings. The molecule has 1 aromatic carbocycles. The van der Waals surface area contributed by atoms with E-state index in [0.29, 0.717) is 16.5 Å². The number of anilines is 1. The molecule has 33 heavy (non-hydrogen) atoms. The number of amides is 2. The Bertz CT molecular complexity index is 1010. The molecule has 1 aromatic heterocycles. The molecule has 8 nitrogen and oxygen atoms in total. The summed E-state index contributed by atoms with van der Waals surface area (Å²) < 4.78 is 5.36. The molecule has 1 fully saturated rings. The van der Waals surface area contributed by atoms with Crippen molar-refractivity contribution in [3.05, 3.63) is 22.7 Å². The number of carboxylic acid groups (broad SMARTS) is 1. The first-order valence-electron chi connectivity index (χ1n) is 11.1. The van der Waals surface area contributed by atoms with Gasteiger partial charge in [-0.25, -0.2) is 9.59 Å². The minimum absolute atomic E-state index is 0.108. The first-order valence-corrected chi connectivity index (χ1v) is 12.4. The lowest BCUT2D eigenvalue weighted by Crippen LogP contribution is -2.40. The molecule has 0 saturated heterocycles. The summed E-state index contributed by atoms with van der Waals surface area (Å²) in [6.07, 6.45) is 2.09. The van der Waals surface area contributed by atoms with E-state index in [-0.39, 0.29) is 18.1 Å². The van der Waals surface area contributed by atoms with Gasteiger partial charge in [0, 0.05) is 22.4 Å². The predicted molar refractivity (Wildman–Crippen MR) is 133 cm³/mol. The van der Waals surface area contributed by atoms with Crippen LogP contribution in [0.25, 0.3) is 10.6 Å². The summed E-state index contributed by atoms with van der Waals surface area (Å²) in [5.74, 6) is 0.434. The molecule has 0 aliphatic heterocycles. The number of ether oxygens (including phenoxy) is 1. The Kier molecular flexibility index (Phi) is 7.89. The standard InChI is InChI=1S/C23H32N4O4S2/c1-12(2)17-15(10-11-16(18(17)32)25-21(28)29)20-27-26-19(33-20)13-6-8-14(9-7-13)24-22(30)31-23(3,4)5/h10-14,25,32H,6-9H2,1-5H3,(H,24,30)(H,28,29). The van der Waals surface area contributed by atoms with Crippen LogP contribution in [0.15, 0.2) is 17.0 Å². The highest BCUT2D eigenvalue weighted by atomic mass is 32.1. The number of nitrogens with one attached hydrogen (secondary N) is 2. The van der Waals surface area contributed by atoms with Crippen LogP contribution in [0.3, 0.4) is 0 Å². The highest BCUT2D eigenvalue weighted by molar-refractivity contribution is 7.80. The smallest absolute Gasteiger partial charge is 0.409 e. The molecule has 0 bridgehead atoms. The first-order chi connectivity index (χ1) is 15.4. The molecule has 1 saturated carbocycles. The maximum Gasteiger partial charge on any atom is 0.409 e. The van der Waals surface area contributed by atoms with Crippen molar-refractivity contribution in [2.24, 2.45) is 0 Å². The minimum atomic E-state index is -1.12. The van der Waals surface area contributed by atoms with Gasteiger partial charge in [-0.3, -0.25) is 5.32 Å². The Morgan fingerprint density at radius 3 is 2.42 bits per heavy atom. The van der Waals surface area contributed by atoms with Crippen molar-refractivity contribution in [2.45, 2.75) is 88.7 Å². The molecule has 0 unspecified atom stereocenters. The average molecular weight is 493 g/mol. The van der Waals surface area contributed by atoms with Crippen LogP contribution in [0.1, 0.15) is 82.7 Å². The van der Waals surface area contributed by atoms with Gasteiger partial charge in [0.1, 0.15) is 15.6 Å². The van der Waals surface area contributed by atoms with Crippen molar-refractivity contribution < 1.29 is 19.4 Å². The number of benzene rings is 1. The molecule has 2 amide bonds. The fourth-order valence-corrected chi connectivity index (χ4v) is 5.62. The Morgan fingerprint density at radius 1 is 1.18 bits per heavy atom. The molecule has 2 aromatic rings. The van der Waals surface area contributed by atoms with Gasteiger partial charge in [-0.2, -0.15) is 0 Å². The normalized spacial score (nSPS) is 18.8. The lowest BCUT2D eigenvalue weighted by Gasteiger charge is -2.29. The van der Waals surface area contributed by atoms with E-state index >= 15 is 0 Å². The summed E-state index contributed by atoms with van der Waals surface area (Å²) in [5.41, 5.74) is 1.82. The van der Waals surface area contributed by atoms with Crippen LogP contribution in [0.2, 0.25) is 0 Å². The van der Waals surface area contributed by atoms with Crippen LogP contribution in [0, 0.1) is 0 Å². The van der Waals surface area contributed by atoms with E-state index < -0.39 is 11.7 Å². The van der Waals surface area contributed by atoms with Crippen molar-refractivity contribution in [3.8, 4) is 10.6 Å². The number of hydrogen-bond acceptors (Lipinski definition) is 7. The zero-order chi connectivity index (χ0) is 24.3. The predicted octanol–water partition coefficient (Wildman–Crippen LogP) is 6.26. The van der Waals surface area contributed by atoms with E-state index in [1.54, 1.807) is 17.4 Å². The van der Waals surface area contributed by atoms with Crippen LogP contribution in [0.5, 0.6) is 0 Å². The summed E-state index contributed by atoms with van der Waals surface area (Å²) in [7, 11) is 0. The van der Waals surface area contributed by atoms with Gasteiger partial charge in [0.2, 0.25) is 0 Å². The second-order valence-corrected chi connectivity index (χ2v) is 11.1. The molecule has 3 rings (SSSR count). The molecular weight excluding hydrogens is 460 g/mol. The van der Waals surface area contributed by atoms with Gasteiger partial charge in [-0.05, 0) is 70.1 Å². The first kappa shape index (κ1) is 25.3. The van der Waals surface area contributed by atoms with Crippen LogP contribution in [0.4, 0.5) is 15.3 Å². The van der Waals surface area contributed by atoms with Gasteiger partial charge in [0.25, 0.3) is 0 Å². The van der Waals surface area contributed by atoms with Gasteiger partial charge < -0.3 is 15.2 Å². The van der Waals surface area contributed by atoms with Crippen LogP contribution < -0.4 is 10.6 Å². The monoisotopic (exact) mass is 492 g/mol. The summed E-state index contributed by atoms with van der Waals surface area (Å²) in [5, 5.41) is 25.2. The van der Waals surface area contributed by atoms with E-state index in [1.807, 2.05) is 40.7 Å². The Balaban J connectivity index is 1.70. The van der Waals surface area contributed by atoms with Crippen molar-refractivity contribution in [1.29, 1.82) is 0 Å². The number of carbonyl (C=O) groups is 2. The van der Waals surface area contributed by atoms with E-state index in [1.165, 1.54) is 0 Å². The largest absolute Gasteiger partial charge is 0.465 e. The SMILES string of the molecule is CC(C)c1c(-c2nnc(C3CCC(NC(=O)OC(C)(C)C)CC3)s2)ccc(NC(=O)O)c1S. The number of rotatable bonds is 5. The van der Waals surface area contributed by atoms with E-state index in [2.05, 4.69) is 33.5 Å². The van der Waals surface area contributed by atoms with Crippen molar-refractivity contribution in [1.82, 2.24) is 15.5 Å². The van der Waals surface area contributed by atoms with Crippen LogP contribution in [-0.4, -0.2) is 39.1 Å². The zero-order valence-corrected chi connectivity index (χ0v) is 21.3. The molecule has 10 heteroatoms. The average Bonchev–Trinajstić information content (AvgIpc) is 3.18. The zero-order valence-electron chi connectivity index (χ0n) is 19.6. The van der Waals surface area contributed by atoms with Gasteiger partial charge in [-0.15, -0.1) is 22.8 Å². The number of nitrogens with zero attached hydrogens (tertiary/aromatic N) is 2. The maximum atomic E-state index is 12.0. The quantitative estimate of drug-likeness (QED) is 0.367. The highest BCUT2D eigenvalue weighted by Gasteiger charge is 2.28. The summed E-state index contributed by atoms with van der Waals surface area (Å²) >= 11 is 6.17. The maximum absolute atomic E-state index is 12.0. The number of hydrogen-bond donors (Lipinski definition) is 4. The molecule has 0 radical (unpaired) electrons. The van der Waals surface area contributed by atoms with Gasteiger partial charge in [-0.1, -0.05) is 25.2 Å². The molecule has 3 N–H and O–H groups in total. The van der Waals surface area contributed by atoms with Gasteiger partial charge in [0.15, 0.2) is 0 Å². The third-order valence-corrected chi connectivity index (χ3v) is 7.11. The fraction of sp³-hybridized carbons (Fsp3) is 0.565. The lowest BCUT2D eigenvalue weighted by molar-refractivity contribution is 0.0491. The van der Waals surface area contributed by atoms with Crippen molar-refractivity contribution in [3.63, 3.8) is 0 Å². The highest BCUT2D eigenvalue weighted by Crippen LogP contribution is 2.41. The minimum Gasteiger partial charge on any atom is -0.465 e. The number of aromatic nitrogens is 2. The lowest BCUT2D eigenvalue weighted by atomic mass is 9.86. The van der Waals surface area contributed by atoms with E-state index in [0.717, 1.165) is 46.8 Å². The second-order valence-electron chi connectivity index (χ2n) is 9.65. The fourth-order valence-electron chi connectivity index (χ4n) is 4.06. The van der Waals surface area contributed by atoms with Crippen molar-refractivity contribution in [2.75, 3.05) is 5.32 Å². The topological polar surface area (TPSA) is 113 Å². The molecular formula is C23H32N4O4S2. The molecule has 180 valence electrons. The Hall–Kier alpha value is -2.33. The van der Waals surface area contributed by atoms with Gasteiger partial charge >= 0.3 is 12.2 Å². The summed E-state index contributed by atoms with van der Waals surface area (Å²) in [4.78, 5) is 23.7. The van der Waals surface area contributed by atoms with Crippen LogP contribution >= 0.6 is 24.0 Å². The third-order valence-electron chi connectivity index (χ3n) is 5.50. The number of alkyl carbamates (subject to hydrolysis) is 1. The number of thiol groups is 1. The second kappa shape index (κ2) is 10.3. The molecule has 0 spiro atoms. The molecule has 0 atom stereocenters. The molecule has 1 heterocycles. The summed E-state index contributed by atoms with van der Waals surface area (Å²) in [6, 6.07) is 3.70. The van der Waals surface area contributed by atoms with Gasteiger partial charge in [0.05, 0.1) is 5.69 Å². The van der Waals surface area contributed by atoms with Crippen LogP contribution in [-0.2, 0) is 4.74 Å². The van der Waals surface area contributed by atoms with E-state index in [9.17, 15) is 9.59 Å². The summed E-state index contributed by atoms with van der Waals surface area (Å²) in [6.45, 7) is 9.66. The van der Waals surface area contributed by atoms with Crippen molar-refractivity contribution >= 4 is 41.8 Å².